The second-order valence-corrected chi connectivity index (χ2v) is 13.7. The van der Waals surface area contributed by atoms with E-state index in [0.29, 0.717) is 28.8 Å². The fraction of sp³-hybridized carbons (Fsp3) is 0.696. The molecule has 0 aromatic rings. The molecule has 0 rings (SSSR count). The first-order valence-electron chi connectivity index (χ1n) is 10.1. The first-order chi connectivity index (χ1) is 12.4. The third kappa shape index (κ3) is 6.97. The maximum atomic E-state index is 11.8. The fourth-order valence-corrected chi connectivity index (χ4v) is 9.66. The van der Waals surface area contributed by atoms with Gasteiger partial charge in [0.15, 0.2) is 0 Å². The van der Waals surface area contributed by atoms with Gasteiger partial charge in [0, 0.05) is 11.5 Å². The van der Waals surface area contributed by atoms with E-state index < -0.39 is 8.32 Å². The number of allylic oxidation sites excluding steroid dienone is 2. The van der Waals surface area contributed by atoms with Crippen LogP contribution >= 0.6 is 0 Å². The quantitative estimate of drug-likeness (QED) is 0.144. The Balaban J connectivity index is 5.58. The lowest BCUT2D eigenvalue weighted by Gasteiger charge is -2.44. The van der Waals surface area contributed by atoms with Crippen LogP contribution in [0, 0.1) is 18.3 Å². The molecule has 3 nitrogen and oxygen atoms in total. The first-order valence-corrected chi connectivity index (χ1v) is 12.3. The van der Waals surface area contributed by atoms with Crippen molar-refractivity contribution in [2.75, 3.05) is 6.61 Å². The highest BCUT2D eigenvalue weighted by Gasteiger charge is 2.46. The van der Waals surface area contributed by atoms with E-state index in [4.69, 9.17) is 15.6 Å². The third-order valence-corrected chi connectivity index (χ3v) is 11.3. The number of hydrogen-bond donors (Lipinski definition) is 0. The summed E-state index contributed by atoms with van der Waals surface area (Å²) >= 11 is 0. The number of esters is 1. The van der Waals surface area contributed by atoms with Crippen LogP contribution in [0.2, 0.25) is 16.6 Å². The van der Waals surface area contributed by atoms with Crippen LogP contribution < -0.4 is 0 Å². The summed E-state index contributed by atoms with van der Waals surface area (Å²) in [6, 6.07) is 0. The van der Waals surface area contributed by atoms with Gasteiger partial charge in [0.1, 0.15) is 6.10 Å². The zero-order valence-corrected chi connectivity index (χ0v) is 20.1. The monoisotopic (exact) mass is 392 g/mol. The highest BCUT2D eigenvalue weighted by Crippen LogP contribution is 2.43. The number of carbonyl (C=O) groups excluding carboxylic acids is 1. The summed E-state index contributed by atoms with van der Waals surface area (Å²) in [6.07, 6.45) is 9.54. The number of carbonyl (C=O) groups is 1. The Hall–Kier alpha value is -1.31. The van der Waals surface area contributed by atoms with Crippen molar-refractivity contribution in [3.63, 3.8) is 0 Å². The maximum absolute atomic E-state index is 11.8. The van der Waals surface area contributed by atoms with Gasteiger partial charge in [0.05, 0.1) is 6.61 Å². The van der Waals surface area contributed by atoms with E-state index in [9.17, 15) is 4.79 Å². The van der Waals surface area contributed by atoms with Crippen molar-refractivity contribution >= 4 is 14.3 Å². The number of rotatable bonds is 10. The molecule has 0 saturated heterocycles. The Morgan fingerprint density at radius 1 is 1.04 bits per heavy atom. The minimum Gasteiger partial charge on any atom is -0.463 e. The predicted octanol–water partition coefficient (Wildman–Crippen LogP) is 6.27. The van der Waals surface area contributed by atoms with Crippen molar-refractivity contribution in [3.05, 3.63) is 23.3 Å². The molecule has 0 N–H and O–H groups in total. The van der Waals surface area contributed by atoms with Crippen LogP contribution in [0.1, 0.15) is 69.2 Å². The van der Waals surface area contributed by atoms with Crippen LogP contribution in [0.3, 0.4) is 0 Å². The van der Waals surface area contributed by atoms with Gasteiger partial charge >= 0.3 is 5.97 Å². The zero-order valence-electron chi connectivity index (χ0n) is 19.1. The summed E-state index contributed by atoms with van der Waals surface area (Å²) in [5.74, 6) is 2.65. The SMILES string of the molecule is C#C[C@@H](O[Si](C(C)C)(C(C)C)C(C)C)[C@H](C)/C=C(C)/C=C(\C)C(=O)OCC. The van der Waals surface area contributed by atoms with Gasteiger partial charge in [-0.1, -0.05) is 66.0 Å². The van der Waals surface area contributed by atoms with Gasteiger partial charge in [-0.25, -0.2) is 4.79 Å². The van der Waals surface area contributed by atoms with Crippen LogP contribution in [0.25, 0.3) is 0 Å². The van der Waals surface area contributed by atoms with E-state index in [-0.39, 0.29) is 18.0 Å². The first kappa shape index (κ1) is 25.7. The number of ether oxygens (including phenoxy) is 1. The average molecular weight is 393 g/mol. The van der Waals surface area contributed by atoms with Gasteiger partial charge in [0.25, 0.3) is 0 Å². The smallest absolute Gasteiger partial charge is 0.333 e. The van der Waals surface area contributed by atoms with Gasteiger partial charge in [-0.15, -0.1) is 6.42 Å². The molecule has 154 valence electrons. The zero-order chi connectivity index (χ0) is 21.4. The lowest BCUT2D eigenvalue weighted by atomic mass is 10.0. The Bertz CT molecular complexity index is 557. The van der Waals surface area contributed by atoms with Gasteiger partial charge in [-0.05, 0) is 43.5 Å². The van der Waals surface area contributed by atoms with Crippen molar-refractivity contribution in [2.45, 2.75) is 92.0 Å². The summed E-state index contributed by atoms with van der Waals surface area (Å²) in [7, 11) is -2.05. The molecule has 2 atom stereocenters. The largest absolute Gasteiger partial charge is 0.463 e. The van der Waals surface area contributed by atoms with E-state index in [1.807, 2.05) is 13.0 Å². The predicted molar refractivity (Wildman–Crippen MR) is 118 cm³/mol. The van der Waals surface area contributed by atoms with E-state index in [1.165, 1.54) is 0 Å². The van der Waals surface area contributed by atoms with Crippen LogP contribution in [0.5, 0.6) is 0 Å². The van der Waals surface area contributed by atoms with E-state index in [0.717, 1.165) is 5.57 Å². The molecule has 0 radical (unpaired) electrons. The van der Waals surface area contributed by atoms with Crippen molar-refractivity contribution in [1.29, 1.82) is 0 Å². The molecule has 4 heteroatoms. The summed E-state index contributed by atoms with van der Waals surface area (Å²) in [5.41, 5.74) is 3.03. The Labute approximate surface area is 168 Å². The molecule has 0 bridgehead atoms. The summed E-state index contributed by atoms with van der Waals surface area (Å²) < 4.78 is 11.8. The molecule has 0 heterocycles. The molecule has 0 aromatic carbocycles. The second-order valence-electron chi connectivity index (χ2n) is 8.34. The Morgan fingerprint density at radius 2 is 1.52 bits per heavy atom. The Morgan fingerprint density at radius 3 is 1.89 bits per heavy atom. The molecule has 0 aliphatic carbocycles. The summed E-state index contributed by atoms with van der Waals surface area (Å²) in [6.45, 7) is 21.6. The van der Waals surface area contributed by atoms with Crippen LogP contribution in [-0.2, 0) is 14.0 Å². The molecule has 0 spiro atoms. The van der Waals surface area contributed by atoms with Crippen molar-refractivity contribution < 1.29 is 14.0 Å². The summed E-state index contributed by atoms with van der Waals surface area (Å²) in [4.78, 5) is 11.8. The van der Waals surface area contributed by atoms with E-state index in [2.05, 4.69) is 60.5 Å². The van der Waals surface area contributed by atoms with Crippen molar-refractivity contribution in [1.82, 2.24) is 0 Å². The van der Waals surface area contributed by atoms with Crippen molar-refractivity contribution in [2.24, 2.45) is 5.92 Å². The minimum absolute atomic E-state index is 0.0596. The van der Waals surface area contributed by atoms with Gasteiger partial charge < -0.3 is 9.16 Å². The van der Waals surface area contributed by atoms with Gasteiger partial charge in [0.2, 0.25) is 8.32 Å². The average Bonchev–Trinajstić information content (AvgIpc) is 2.54. The number of hydrogen-bond acceptors (Lipinski definition) is 3. The lowest BCUT2D eigenvalue weighted by Crippen LogP contribution is -2.50. The molecule has 0 aromatic heterocycles. The highest BCUT2D eigenvalue weighted by atomic mass is 28.4. The molecular formula is C23H40O3Si. The maximum Gasteiger partial charge on any atom is 0.333 e. The molecule has 0 amide bonds. The lowest BCUT2D eigenvalue weighted by molar-refractivity contribution is -0.138. The highest BCUT2D eigenvalue weighted by molar-refractivity contribution is 6.77. The second kappa shape index (κ2) is 11.5. The topological polar surface area (TPSA) is 35.5 Å². The van der Waals surface area contributed by atoms with Crippen LogP contribution in [0.15, 0.2) is 23.3 Å². The van der Waals surface area contributed by atoms with Crippen LogP contribution in [0.4, 0.5) is 0 Å². The molecule has 0 unspecified atom stereocenters. The molecule has 0 saturated carbocycles. The molecule has 0 aliphatic rings. The Kier molecular flexibility index (Phi) is 11.0. The molecule has 27 heavy (non-hydrogen) atoms. The van der Waals surface area contributed by atoms with Crippen molar-refractivity contribution in [3.8, 4) is 12.3 Å². The van der Waals surface area contributed by atoms with Gasteiger partial charge in [-0.2, -0.15) is 0 Å². The standard InChI is InChI=1S/C23H40O3Si/c1-12-22(26-27(16(3)4,17(5)6)18(7)8)20(10)14-19(9)15-21(11)23(24)25-13-2/h1,14-18,20,22H,13H2,2-11H3/b19-14+,21-15+/t20-,22-/m1/s1. The number of terminal acetylenes is 1. The minimum atomic E-state index is -2.05. The third-order valence-electron chi connectivity index (χ3n) is 5.25. The summed E-state index contributed by atoms with van der Waals surface area (Å²) in [5, 5.41) is 0. The molecular weight excluding hydrogens is 352 g/mol. The normalized spacial score (nSPS) is 15.9. The molecule has 0 aliphatic heterocycles. The van der Waals surface area contributed by atoms with Gasteiger partial charge in [-0.3, -0.25) is 0 Å². The van der Waals surface area contributed by atoms with E-state index in [1.54, 1.807) is 13.8 Å². The van der Waals surface area contributed by atoms with Crippen LogP contribution in [-0.4, -0.2) is 27.0 Å². The molecule has 0 fully saturated rings. The van der Waals surface area contributed by atoms with E-state index >= 15 is 0 Å². The fourth-order valence-electron chi connectivity index (χ4n) is 4.12.